The zero-order chi connectivity index (χ0) is 18.6. The molecule has 10 heteroatoms. The Kier molecular flexibility index (Phi) is 4.86. The van der Waals surface area contributed by atoms with E-state index in [2.05, 4.69) is 0 Å². The Balaban J connectivity index is 1.81. The fourth-order valence-electron chi connectivity index (χ4n) is 3.84. The molecule has 1 saturated carbocycles. The van der Waals surface area contributed by atoms with E-state index in [4.69, 9.17) is 14.2 Å². The summed E-state index contributed by atoms with van der Waals surface area (Å²) in [6, 6.07) is 0. The summed E-state index contributed by atoms with van der Waals surface area (Å²) in [4.78, 5) is 0. The molecule has 0 radical (unpaired) electrons. The number of rotatable bonds is 3. The van der Waals surface area contributed by atoms with Crippen LogP contribution in [0.5, 0.6) is 0 Å². The second-order valence-corrected chi connectivity index (χ2v) is 7.08. The van der Waals surface area contributed by atoms with Crippen LogP contribution < -0.4 is 0 Å². The highest BCUT2D eigenvalue weighted by atomic mass is 16.8. The van der Waals surface area contributed by atoms with E-state index in [9.17, 15) is 35.7 Å². The van der Waals surface area contributed by atoms with Gasteiger partial charge in [-0.05, 0) is 13.0 Å². The topological polar surface area (TPSA) is 169 Å². The minimum absolute atomic E-state index is 0.129. The van der Waals surface area contributed by atoms with E-state index in [1.165, 1.54) is 13.0 Å². The van der Waals surface area contributed by atoms with Crippen LogP contribution in [0.15, 0.2) is 12.3 Å². The molecule has 3 rings (SSSR count). The van der Waals surface area contributed by atoms with Crippen LogP contribution in [-0.4, -0.2) is 96.7 Å². The number of aliphatic hydroxyl groups is 7. The Labute approximate surface area is 143 Å². The van der Waals surface area contributed by atoms with Crippen molar-refractivity contribution in [3.05, 3.63) is 12.3 Å². The molecule has 1 saturated heterocycles. The standard InChI is InChI=1S/C15H24O10/c1-14(21)4-7(17)15(22)2-3-23-13(11(14)15)25-12-10(20)9(19)8(18)6(5-16)24-12/h2-3,6-13,16-22H,4-5H2,1H3/t6-,7+,8-,9-,10-,11+,12+,13+,14-,15+/m0/s1. The minimum Gasteiger partial charge on any atom is -0.472 e. The Morgan fingerprint density at radius 1 is 1.08 bits per heavy atom. The van der Waals surface area contributed by atoms with Crippen molar-refractivity contribution in [1.82, 2.24) is 0 Å². The second-order valence-electron chi connectivity index (χ2n) is 7.08. The van der Waals surface area contributed by atoms with Crippen molar-refractivity contribution in [2.24, 2.45) is 5.92 Å². The van der Waals surface area contributed by atoms with Gasteiger partial charge in [0.25, 0.3) is 0 Å². The van der Waals surface area contributed by atoms with Crippen molar-refractivity contribution in [3.63, 3.8) is 0 Å². The lowest BCUT2D eigenvalue weighted by Crippen LogP contribution is -2.61. The van der Waals surface area contributed by atoms with Crippen molar-refractivity contribution >= 4 is 0 Å². The lowest BCUT2D eigenvalue weighted by Gasteiger charge is -2.45. The van der Waals surface area contributed by atoms with Gasteiger partial charge in [-0.2, -0.15) is 0 Å². The van der Waals surface area contributed by atoms with Crippen LogP contribution in [-0.2, 0) is 14.2 Å². The van der Waals surface area contributed by atoms with Gasteiger partial charge in [-0.15, -0.1) is 0 Å². The van der Waals surface area contributed by atoms with Gasteiger partial charge >= 0.3 is 0 Å². The number of hydrogen-bond donors (Lipinski definition) is 7. The third-order valence-corrected chi connectivity index (χ3v) is 5.25. The van der Waals surface area contributed by atoms with Crippen LogP contribution in [0.2, 0.25) is 0 Å². The molecule has 25 heavy (non-hydrogen) atoms. The molecule has 2 fully saturated rings. The lowest BCUT2D eigenvalue weighted by molar-refractivity contribution is -0.351. The first-order valence-corrected chi connectivity index (χ1v) is 8.04. The van der Waals surface area contributed by atoms with Gasteiger partial charge in [0.15, 0.2) is 6.29 Å². The normalized spacial score (nSPS) is 55.7. The van der Waals surface area contributed by atoms with Gasteiger partial charge in [0.2, 0.25) is 6.29 Å². The van der Waals surface area contributed by atoms with Crippen LogP contribution >= 0.6 is 0 Å². The average molecular weight is 364 g/mol. The van der Waals surface area contributed by atoms with E-state index < -0.39 is 66.8 Å². The maximum Gasteiger partial charge on any atom is 0.210 e. The molecule has 3 aliphatic rings. The van der Waals surface area contributed by atoms with E-state index >= 15 is 0 Å². The summed E-state index contributed by atoms with van der Waals surface area (Å²) in [5.74, 6) is -1.10. The fourth-order valence-corrected chi connectivity index (χ4v) is 3.84. The van der Waals surface area contributed by atoms with E-state index in [0.29, 0.717) is 0 Å². The van der Waals surface area contributed by atoms with Crippen LogP contribution in [0.3, 0.4) is 0 Å². The van der Waals surface area contributed by atoms with Crippen molar-refractivity contribution in [3.8, 4) is 0 Å². The summed E-state index contributed by atoms with van der Waals surface area (Å²) in [5, 5.41) is 70.2. The Morgan fingerprint density at radius 2 is 1.76 bits per heavy atom. The van der Waals surface area contributed by atoms with E-state index in [1.54, 1.807) is 0 Å². The maximum absolute atomic E-state index is 10.7. The van der Waals surface area contributed by atoms with Crippen molar-refractivity contribution in [1.29, 1.82) is 0 Å². The molecule has 0 aromatic heterocycles. The third kappa shape index (κ3) is 2.97. The Bertz CT molecular complexity index is 522. The van der Waals surface area contributed by atoms with E-state index in [1.807, 2.05) is 0 Å². The monoisotopic (exact) mass is 364 g/mol. The fraction of sp³-hybridized carbons (Fsp3) is 0.867. The summed E-state index contributed by atoms with van der Waals surface area (Å²) in [6.45, 7) is 0.783. The highest BCUT2D eigenvalue weighted by Gasteiger charge is 2.64. The molecule has 0 aromatic rings. The third-order valence-electron chi connectivity index (χ3n) is 5.25. The smallest absolute Gasteiger partial charge is 0.210 e. The van der Waals surface area contributed by atoms with Crippen LogP contribution in [0.4, 0.5) is 0 Å². The zero-order valence-electron chi connectivity index (χ0n) is 13.5. The molecule has 10 nitrogen and oxygen atoms in total. The first kappa shape index (κ1) is 19.0. The molecule has 0 aromatic carbocycles. The molecule has 2 aliphatic heterocycles. The summed E-state index contributed by atoms with van der Waals surface area (Å²) in [7, 11) is 0. The molecular formula is C15H24O10. The highest BCUT2D eigenvalue weighted by Crippen LogP contribution is 2.49. The lowest BCUT2D eigenvalue weighted by atomic mass is 9.81. The van der Waals surface area contributed by atoms with E-state index in [-0.39, 0.29) is 6.42 Å². The number of ether oxygens (including phenoxy) is 3. The Hall–Kier alpha value is -0.820. The van der Waals surface area contributed by atoms with Crippen LogP contribution in [0.25, 0.3) is 0 Å². The number of hydrogen-bond acceptors (Lipinski definition) is 10. The number of fused-ring (bicyclic) bond motifs is 1. The molecule has 0 bridgehead atoms. The molecule has 10 atom stereocenters. The minimum atomic E-state index is -1.81. The van der Waals surface area contributed by atoms with Gasteiger partial charge in [0.1, 0.15) is 30.0 Å². The van der Waals surface area contributed by atoms with Gasteiger partial charge in [-0.1, -0.05) is 0 Å². The predicted molar refractivity (Wildman–Crippen MR) is 78.6 cm³/mol. The molecule has 0 unspecified atom stereocenters. The maximum atomic E-state index is 10.7. The first-order valence-electron chi connectivity index (χ1n) is 8.04. The summed E-state index contributed by atoms with van der Waals surface area (Å²) < 4.78 is 16.0. The van der Waals surface area contributed by atoms with Gasteiger partial charge in [-0.3, -0.25) is 0 Å². The largest absolute Gasteiger partial charge is 0.472 e. The molecule has 144 valence electrons. The number of aliphatic hydroxyl groups excluding tert-OH is 5. The first-order chi connectivity index (χ1) is 11.6. The highest BCUT2D eigenvalue weighted by molar-refractivity contribution is 5.21. The average Bonchev–Trinajstić information content (AvgIpc) is 2.73. The van der Waals surface area contributed by atoms with Gasteiger partial charge < -0.3 is 50.0 Å². The molecule has 0 amide bonds. The summed E-state index contributed by atoms with van der Waals surface area (Å²) in [5.41, 5.74) is -3.35. The Morgan fingerprint density at radius 3 is 2.40 bits per heavy atom. The predicted octanol–water partition coefficient (Wildman–Crippen LogP) is -3.46. The van der Waals surface area contributed by atoms with Gasteiger partial charge in [0, 0.05) is 6.42 Å². The van der Waals surface area contributed by atoms with E-state index in [0.717, 1.165) is 6.26 Å². The molecule has 7 N–H and O–H groups in total. The summed E-state index contributed by atoms with van der Waals surface area (Å²) >= 11 is 0. The van der Waals surface area contributed by atoms with Gasteiger partial charge in [-0.25, -0.2) is 0 Å². The SMILES string of the molecule is C[C@]1(O)C[C@@H](O)[C@]2(O)C=CO[C@H](O[C@H]3O[C@@H](CO)[C@H](O)[C@H](O)[C@@H]3O)[C@@H]21. The second kappa shape index (κ2) is 6.41. The molecular weight excluding hydrogens is 340 g/mol. The van der Waals surface area contributed by atoms with Crippen molar-refractivity contribution in [2.75, 3.05) is 6.61 Å². The van der Waals surface area contributed by atoms with Crippen molar-refractivity contribution < 1.29 is 50.0 Å². The quantitative estimate of drug-likeness (QED) is 0.267. The molecule has 0 spiro atoms. The van der Waals surface area contributed by atoms with Crippen LogP contribution in [0, 0.1) is 5.92 Å². The van der Waals surface area contributed by atoms with Gasteiger partial charge in [0.05, 0.1) is 30.5 Å². The van der Waals surface area contributed by atoms with Crippen molar-refractivity contribution in [2.45, 2.75) is 67.6 Å². The molecule has 1 aliphatic carbocycles. The molecule has 2 heterocycles. The summed E-state index contributed by atoms with van der Waals surface area (Å²) in [6.07, 6.45) is -7.87. The van der Waals surface area contributed by atoms with Crippen LogP contribution in [0.1, 0.15) is 13.3 Å². The zero-order valence-corrected chi connectivity index (χ0v) is 13.5.